The lowest BCUT2D eigenvalue weighted by atomic mass is 9.94. The van der Waals surface area contributed by atoms with Crippen molar-refractivity contribution in [2.75, 3.05) is 6.54 Å². The molecule has 2 amide bonds. The second kappa shape index (κ2) is 8.94. The van der Waals surface area contributed by atoms with Crippen LogP contribution in [0.3, 0.4) is 0 Å². The number of carbonyl (C=O) groups excluding carboxylic acids is 1. The molecule has 2 aromatic carbocycles. The highest BCUT2D eigenvalue weighted by Crippen LogP contribution is 2.37. The van der Waals surface area contributed by atoms with Crippen molar-refractivity contribution in [1.82, 2.24) is 20.4 Å². The molecule has 1 atom stereocenters. The Morgan fingerprint density at radius 3 is 2.59 bits per heavy atom. The Morgan fingerprint density at radius 1 is 1.19 bits per heavy atom. The number of rotatable bonds is 6. The molecule has 2 heterocycles. The average Bonchev–Trinajstić information content (AvgIpc) is 3.26. The van der Waals surface area contributed by atoms with Gasteiger partial charge in [0.05, 0.1) is 11.6 Å². The van der Waals surface area contributed by atoms with Crippen molar-refractivity contribution in [2.45, 2.75) is 40.2 Å². The maximum atomic E-state index is 14.0. The van der Waals surface area contributed by atoms with Gasteiger partial charge in [-0.05, 0) is 42.5 Å². The highest BCUT2D eigenvalue weighted by atomic mass is 19.1. The average molecular weight is 435 g/mol. The van der Waals surface area contributed by atoms with E-state index in [4.69, 9.17) is 4.52 Å². The Labute approximate surface area is 187 Å². The van der Waals surface area contributed by atoms with E-state index in [2.05, 4.69) is 22.4 Å². The molecule has 0 radical (unpaired) electrons. The third-order valence-electron chi connectivity index (χ3n) is 5.60. The summed E-state index contributed by atoms with van der Waals surface area (Å²) in [5.41, 5.74) is 4.06. The van der Waals surface area contributed by atoms with Gasteiger partial charge < -0.3 is 9.84 Å². The van der Waals surface area contributed by atoms with Gasteiger partial charge in [0, 0.05) is 17.8 Å². The van der Waals surface area contributed by atoms with Crippen molar-refractivity contribution in [3.63, 3.8) is 0 Å². The van der Waals surface area contributed by atoms with Gasteiger partial charge in [-0.25, -0.2) is 9.18 Å². The molecule has 0 spiro atoms. The van der Waals surface area contributed by atoms with Crippen LogP contribution in [0.1, 0.15) is 50.8 Å². The molecule has 0 saturated heterocycles. The zero-order valence-electron chi connectivity index (χ0n) is 18.7. The third kappa shape index (κ3) is 4.28. The van der Waals surface area contributed by atoms with E-state index in [-0.39, 0.29) is 17.8 Å². The number of nitrogens with one attached hydrogen (secondary N) is 1. The third-order valence-corrected chi connectivity index (χ3v) is 5.60. The van der Waals surface area contributed by atoms with Crippen molar-refractivity contribution >= 4 is 11.6 Å². The topological polar surface area (TPSA) is 71.3 Å². The first-order valence-corrected chi connectivity index (χ1v) is 10.8. The lowest BCUT2D eigenvalue weighted by Crippen LogP contribution is -2.47. The van der Waals surface area contributed by atoms with E-state index < -0.39 is 6.04 Å². The van der Waals surface area contributed by atoms with Crippen molar-refractivity contribution in [3.05, 3.63) is 77.1 Å². The summed E-state index contributed by atoms with van der Waals surface area (Å²) in [6.07, 6.45) is 0.949. The van der Waals surface area contributed by atoms with Crippen molar-refractivity contribution in [1.29, 1.82) is 0 Å². The normalized spacial score (nSPS) is 16.6. The number of nitrogens with zero attached hydrogens (tertiary/aromatic N) is 3. The van der Waals surface area contributed by atoms with Gasteiger partial charge in [0.1, 0.15) is 5.82 Å². The molecule has 1 aromatic heterocycles. The lowest BCUT2D eigenvalue weighted by Gasteiger charge is -2.36. The predicted octanol–water partition coefficient (Wildman–Crippen LogP) is 5.59. The minimum Gasteiger partial charge on any atom is -0.334 e. The van der Waals surface area contributed by atoms with Gasteiger partial charge in [-0.2, -0.15) is 4.98 Å². The smallest absolute Gasteiger partial charge is 0.322 e. The van der Waals surface area contributed by atoms with Crippen LogP contribution in [0.25, 0.3) is 17.0 Å². The highest BCUT2D eigenvalue weighted by molar-refractivity contribution is 5.86. The molecular weight excluding hydrogens is 407 g/mol. The van der Waals surface area contributed by atoms with Gasteiger partial charge in [-0.3, -0.25) is 4.90 Å². The number of benzene rings is 2. The van der Waals surface area contributed by atoms with Gasteiger partial charge in [-0.1, -0.05) is 62.3 Å². The summed E-state index contributed by atoms with van der Waals surface area (Å²) in [6, 6.07) is 13.4. The van der Waals surface area contributed by atoms with E-state index in [1.807, 2.05) is 45.0 Å². The number of halogens is 1. The maximum Gasteiger partial charge on any atom is 0.322 e. The number of aromatic nitrogens is 2. The minimum atomic E-state index is -0.600. The molecule has 1 aliphatic heterocycles. The van der Waals surface area contributed by atoms with Crippen molar-refractivity contribution in [2.24, 2.45) is 5.92 Å². The number of urea groups is 1. The molecule has 0 aliphatic carbocycles. The second-order valence-electron chi connectivity index (χ2n) is 8.41. The SMILES string of the molecule is CCc1ccc(-c2noc(C3=C(C)N(CC(C)C)C(=O)NC3c3cccc(F)c3)n2)cc1. The Balaban J connectivity index is 1.79. The molecule has 32 heavy (non-hydrogen) atoms. The fourth-order valence-corrected chi connectivity index (χ4v) is 3.92. The first kappa shape index (κ1) is 21.7. The van der Waals surface area contributed by atoms with Crippen LogP contribution in [0.2, 0.25) is 0 Å². The van der Waals surface area contributed by atoms with Crippen LogP contribution < -0.4 is 5.32 Å². The van der Waals surface area contributed by atoms with Gasteiger partial charge in [0.15, 0.2) is 0 Å². The van der Waals surface area contributed by atoms with E-state index in [0.29, 0.717) is 35.1 Å². The number of allylic oxidation sites excluding steroid dienone is 1. The molecule has 1 unspecified atom stereocenters. The largest absolute Gasteiger partial charge is 0.334 e. The van der Waals surface area contributed by atoms with E-state index in [1.165, 1.54) is 17.7 Å². The van der Waals surface area contributed by atoms with Crippen LogP contribution in [0.5, 0.6) is 0 Å². The van der Waals surface area contributed by atoms with Gasteiger partial charge >= 0.3 is 6.03 Å². The summed E-state index contributed by atoms with van der Waals surface area (Å²) in [6.45, 7) is 8.59. The van der Waals surface area contributed by atoms with Gasteiger partial charge in [0.2, 0.25) is 5.82 Å². The van der Waals surface area contributed by atoms with Crippen LogP contribution in [0.15, 0.2) is 58.8 Å². The van der Waals surface area contributed by atoms with E-state index >= 15 is 0 Å². The predicted molar refractivity (Wildman–Crippen MR) is 121 cm³/mol. The summed E-state index contributed by atoms with van der Waals surface area (Å²) >= 11 is 0. The van der Waals surface area contributed by atoms with E-state index in [1.54, 1.807) is 17.0 Å². The molecule has 0 bridgehead atoms. The molecule has 1 aliphatic rings. The number of hydrogen-bond donors (Lipinski definition) is 1. The van der Waals surface area contributed by atoms with Crippen LogP contribution >= 0.6 is 0 Å². The standard InChI is InChI=1S/C25H27FN4O2/c1-5-17-9-11-18(12-10-17)23-28-24(32-29-23)21-16(4)30(14-15(2)3)25(31)27-22(21)19-7-6-8-20(26)13-19/h6-13,15,22H,5,14H2,1-4H3,(H,27,31). The maximum absolute atomic E-state index is 14.0. The summed E-state index contributed by atoms with van der Waals surface area (Å²) in [4.78, 5) is 19.2. The van der Waals surface area contributed by atoms with E-state index in [9.17, 15) is 9.18 Å². The first-order valence-electron chi connectivity index (χ1n) is 10.8. The first-order chi connectivity index (χ1) is 15.4. The quantitative estimate of drug-likeness (QED) is 0.549. The van der Waals surface area contributed by atoms with Crippen LogP contribution in [-0.4, -0.2) is 27.6 Å². The molecule has 3 aromatic rings. The number of carbonyl (C=O) groups is 1. The molecule has 7 heteroatoms. The zero-order valence-corrected chi connectivity index (χ0v) is 18.7. The summed E-state index contributed by atoms with van der Waals surface area (Å²) < 4.78 is 19.7. The molecule has 166 valence electrons. The molecule has 6 nitrogen and oxygen atoms in total. The molecule has 0 saturated carbocycles. The lowest BCUT2D eigenvalue weighted by molar-refractivity contribution is 0.199. The van der Waals surface area contributed by atoms with Crippen LogP contribution in [0, 0.1) is 11.7 Å². The molecular formula is C25H27FN4O2. The van der Waals surface area contributed by atoms with Crippen molar-refractivity contribution < 1.29 is 13.7 Å². The fraction of sp³-hybridized carbons (Fsp3) is 0.320. The summed E-state index contributed by atoms with van der Waals surface area (Å²) in [5, 5.41) is 7.17. The Morgan fingerprint density at radius 2 is 1.94 bits per heavy atom. The van der Waals surface area contributed by atoms with Gasteiger partial charge in [0.25, 0.3) is 5.89 Å². The summed E-state index contributed by atoms with van der Waals surface area (Å²) in [5.74, 6) is 0.659. The van der Waals surface area contributed by atoms with Crippen LogP contribution in [0.4, 0.5) is 9.18 Å². The Bertz CT molecular complexity index is 1150. The monoisotopic (exact) mass is 434 g/mol. The molecule has 1 N–H and O–H groups in total. The van der Waals surface area contributed by atoms with Crippen molar-refractivity contribution in [3.8, 4) is 11.4 Å². The minimum absolute atomic E-state index is 0.232. The Hall–Kier alpha value is -3.48. The number of hydrogen-bond acceptors (Lipinski definition) is 4. The van der Waals surface area contributed by atoms with Gasteiger partial charge in [-0.15, -0.1) is 0 Å². The number of amides is 2. The number of aryl methyl sites for hydroxylation is 1. The zero-order chi connectivity index (χ0) is 22.8. The molecule has 4 rings (SSSR count). The van der Waals surface area contributed by atoms with Crippen LogP contribution in [-0.2, 0) is 6.42 Å². The fourth-order valence-electron chi connectivity index (χ4n) is 3.92. The summed E-state index contributed by atoms with van der Waals surface area (Å²) in [7, 11) is 0. The highest BCUT2D eigenvalue weighted by Gasteiger charge is 2.36. The Kier molecular flexibility index (Phi) is 6.08. The second-order valence-corrected chi connectivity index (χ2v) is 8.41. The molecule has 0 fully saturated rings. The van der Waals surface area contributed by atoms with E-state index in [0.717, 1.165) is 12.0 Å².